The van der Waals surface area contributed by atoms with Gasteiger partial charge in [-0.2, -0.15) is 13.2 Å². The summed E-state index contributed by atoms with van der Waals surface area (Å²) in [5.74, 6) is -0.447. The van der Waals surface area contributed by atoms with Crippen molar-refractivity contribution in [3.63, 3.8) is 0 Å². The van der Waals surface area contributed by atoms with Gasteiger partial charge in [-0.25, -0.2) is 0 Å². The van der Waals surface area contributed by atoms with Gasteiger partial charge in [0.2, 0.25) is 5.91 Å². The van der Waals surface area contributed by atoms with Crippen LogP contribution in [-0.4, -0.2) is 39.5 Å². The lowest BCUT2D eigenvalue weighted by molar-refractivity contribution is -0.137. The van der Waals surface area contributed by atoms with Crippen molar-refractivity contribution in [1.82, 2.24) is 10.2 Å². The van der Waals surface area contributed by atoms with Crippen molar-refractivity contribution < 1.29 is 28.2 Å². The van der Waals surface area contributed by atoms with E-state index in [0.29, 0.717) is 24.8 Å². The molecular weight excluding hydrogens is 363 g/mol. The Labute approximate surface area is 153 Å². The minimum absolute atomic E-state index is 0.0450. The number of piperidine rings is 1. The van der Waals surface area contributed by atoms with Gasteiger partial charge in [-0.05, 0) is 49.1 Å². The number of phenolic OH excluding ortho intramolecular Hbond substituents is 1. The van der Waals surface area contributed by atoms with Gasteiger partial charge in [0.1, 0.15) is 5.75 Å². The van der Waals surface area contributed by atoms with E-state index in [4.69, 9.17) is 5.11 Å². The SMILES string of the molecule is Cc1cc(C(F)(F)F)cc(O)c1-c1ccc(N2CC[C@@H](CO)CC2=O)nn1. The molecule has 0 saturated carbocycles. The predicted octanol–water partition coefficient (Wildman–Crippen LogP) is 2.91. The highest BCUT2D eigenvalue weighted by molar-refractivity contribution is 5.93. The number of aryl methyl sites for hydroxylation is 1. The molecule has 1 atom stereocenters. The van der Waals surface area contributed by atoms with Crippen molar-refractivity contribution in [3.05, 3.63) is 35.4 Å². The number of alkyl halides is 3. The molecule has 0 bridgehead atoms. The molecule has 0 aliphatic carbocycles. The van der Waals surface area contributed by atoms with Crippen LogP contribution in [-0.2, 0) is 11.0 Å². The smallest absolute Gasteiger partial charge is 0.416 e. The molecule has 1 aliphatic heterocycles. The van der Waals surface area contributed by atoms with Gasteiger partial charge in [-0.3, -0.25) is 9.69 Å². The van der Waals surface area contributed by atoms with Crippen molar-refractivity contribution in [2.45, 2.75) is 25.9 Å². The Kier molecular flexibility index (Phi) is 5.05. The number of aromatic nitrogens is 2. The largest absolute Gasteiger partial charge is 0.507 e. The summed E-state index contributed by atoms with van der Waals surface area (Å²) in [5, 5.41) is 27.2. The first-order valence-electron chi connectivity index (χ1n) is 8.37. The molecule has 1 aromatic heterocycles. The monoisotopic (exact) mass is 381 g/mol. The zero-order valence-electron chi connectivity index (χ0n) is 14.5. The number of hydrogen-bond acceptors (Lipinski definition) is 5. The first kappa shape index (κ1) is 19.1. The van der Waals surface area contributed by atoms with E-state index in [1.807, 2.05) is 0 Å². The van der Waals surface area contributed by atoms with Crippen molar-refractivity contribution in [1.29, 1.82) is 0 Å². The maximum Gasteiger partial charge on any atom is 0.416 e. The van der Waals surface area contributed by atoms with Crippen LogP contribution in [0.15, 0.2) is 24.3 Å². The van der Waals surface area contributed by atoms with Gasteiger partial charge < -0.3 is 10.2 Å². The lowest BCUT2D eigenvalue weighted by atomic mass is 9.97. The predicted molar refractivity (Wildman–Crippen MR) is 91.0 cm³/mol. The van der Waals surface area contributed by atoms with Crippen LogP contribution in [0.5, 0.6) is 5.75 Å². The molecule has 1 aliphatic rings. The fourth-order valence-corrected chi connectivity index (χ4v) is 3.16. The Bertz CT molecular complexity index is 830. The molecule has 3 rings (SSSR count). The lowest BCUT2D eigenvalue weighted by Crippen LogP contribution is -2.40. The van der Waals surface area contributed by atoms with Crippen LogP contribution in [0.25, 0.3) is 11.3 Å². The minimum Gasteiger partial charge on any atom is -0.507 e. The average molecular weight is 381 g/mol. The second kappa shape index (κ2) is 7.15. The molecule has 2 heterocycles. The van der Waals surface area contributed by atoms with Gasteiger partial charge in [0.25, 0.3) is 0 Å². The summed E-state index contributed by atoms with van der Waals surface area (Å²) < 4.78 is 38.5. The van der Waals surface area contributed by atoms with Gasteiger partial charge in [0.15, 0.2) is 5.82 Å². The van der Waals surface area contributed by atoms with E-state index >= 15 is 0 Å². The summed E-state index contributed by atoms with van der Waals surface area (Å²) in [5.41, 5.74) is -0.361. The maximum atomic E-state index is 12.8. The molecular formula is C18H18F3N3O3. The van der Waals surface area contributed by atoms with E-state index < -0.39 is 17.5 Å². The minimum atomic E-state index is -4.56. The Morgan fingerprint density at radius 3 is 2.52 bits per heavy atom. The van der Waals surface area contributed by atoms with Crippen molar-refractivity contribution >= 4 is 11.7 Å². The number of aromatic hydroxyl groups is 1. The molecule has 1 saturated heterocycles. The molecule has 6 nitrogen and oxygen atoms in total. The number of phenols is 1. The molecule has 144 valence electrons. The summed E-state index contributed by atoms with van der Waals surface area (Å²) in [6, 6.07) is 4.63. The number of carbonyl (C=O) groups is 1. The van der Waals surface area contributed by atoms with Crippen LogP contribution in [0, 0.1) is 12.8 Å². The maximum absolute atomic E-state index is 12.8. The Balaban J connectivity index is 1.87. The first-order chi connectivity index (χ1) is 12.7. The lowest BCUT2D eigenvalue weighted by Gasteiger charge is -2.29. The molecule has 0 spiro atoms. The van der Waals surface area contributed by atoms with Gasteiger partial charge >= 0.3 is 6.18 Å². The highest BCUT2D eigenvalue weighted by atomic mass is 19.4. The third kappa shape index (κ3) is 3.87. The van der Waals surface area contributed by atoms with Gasteiger partial charge in [0.05, 0.1) is 11.3 Å². The number of carbonyl (C=O) groups excluding carboxylic acids is 1. The van der Waals surface area contributed by atoms with Crippen molar-refractivity contribution in [2.75, 3.05) is 18.1 Å². The van der Waals surface area contributed by atoms with Crippen LogP contribution in [0.3, 0.4) is 0 Å². The number of nitrogens with zero attached hydrogens (tertiary/aromatic N) is 3. The third-order valence-electron chi connectivity index (χ3n) is 4.61. The fourth-order valence-electron chi connectivity index (χ4n) is 3.16. The molecule has 0 radical (unpaired) electrons. The van der Waals surface area contributed by atoms with Gasteiger partial charge in [0, 0.05) is 25.1 Å². The molecule has 0 unspecified atom stereocenters. The van der Waals surface area contributed by atoms with Crippen LogP contribution < -0.4 is 4.90 Å². The van der Waals surface area contributed by atoms with E-state index in [1.165, 1.54) is 24.0 Å². The topological polar surface area (TPSA) is 86.5 Å². The quantitative estimate of drug-likeness (QED) is 0.854. The van der Waals surface area contributed by atoms with Crippen molar-refractivity contribution in [2.24, 2.45) is 5.92 Å². The number of amides is 1. The second-order valence-corrected chi connectivity index (χ2v) is 6.55. The summed E-state index contributed by atoms with van der Waals surface area (Å²) in [6.07, 6.45) is -3.69. The number of halogens is 3. The number of anilines is 1. The van der Waals surface area contributed by atoms with Gasteiger partial charge in [-0.15, -0.1) is 10.2 Å². The molecule has 2 N–H and O–H groups in total. The van der Waals surface area contributed by atoms with Crippen LogP contribution in [0.4, 0.5) is 19.0 Å². The molecule has 1 aromatic carbocycles. The molecule has 1 fully saturated rings. The van der Waals surface area contributed by atoms with Crippen LogP contribution in [0.2, 0.25) is 0 Å². The van der Waals surface area contributed by atoms with E-state index in [-0.39, 0.29) is 41.7 Å². The highest BCUT2D eigenvalue weighted by Crippen LogP contribution is 2.38. The Morgan fingerprint density at radius 1 is 1.26 bits per heavy atom. The third-order valence-corrected chi connectivity index (χ3v) is 4.61. The van der Waals surface area contributed by atoms with Crippen LogP contribution in [0.1, 0.15) is 24.0 Å². The van der Waals surface area contributed by atoms with Crippen molar-refractivity contribution in [3.8, 4) is 17.0 Å². The van der Waals surface area contributed by atoms with E-state index in [9.17, 15) is 23.1 Å². The normalized spacial score (nSPS) is 18.0. The van der Waals surface area contributed by atoms with E-state index in [0.717, 1.165) is 6.07 Å². The number of aliphatic hydroxyl groups is 1. The molecule has 27 heavy (non-hydrogen) atoms. The second-order valence-electron chi connectivity index (χ2n) is 6.55. The zero-order chi connectivity index (χ0) is 19.8. The van der Waals surface area contributed by atoms with Gasteiger partial charge in [-0.1, -0.05) is 0 Å². The summed E-state index contributed by atoms with van der Waals surface area (Å²) in [4.78, 5) is 13.6. The molecule has 9 heteroatoms. The van der Waals surface area contributed by atoms with E-state index in [1.54, 1.807) is 0 Å². The average Bonchev–Trinajstić information content (AvgIpc) is 2.61. The molecule has 1 amide bonds. The Hall–Kier alpha value is -2.68. The summed E-state index contributed by atoms with van der Waals surface area (Å²) in [7, 11) is 0. The first-order valence-corrected chi connectivity index (χ1v) is 8.37. The fraction of sp³-hybridized carbons (Fsp3) is 0.389. The highest BCUT2D eigenvalue weighted by Gasteiger charge is 2.32. The van der Waals surface area contributed by atoms with E-state index in [2.05, 4.69) is 10.2 Å². The number of aliphatic hydroxyl groups excluding tert-OH is 1. The van der Waals surface area contributed by atoms with Crippen LogP contribution >= 0.6 is 0 Å². The standard InChI is InChI=1S/C18H18F3N3O3/c1-10-6-12(18(19,20)21)8-14(26)17(10)13-2-3-15(23-22-13)24-5-4-11(9-25)7-16(24)27/h2-3,6,8,11,25-26H,4-5,7,9H2,1H3/t11-/m1/s1. The Morgan fingerprint density at radius 2 is 2.00 bits per heavy atom. The number of rotatable bonds is 3. The number of hydrogen-bond donors (Lipinski definition) is 2. The molecule has 2 aromatic rings. The summed E-state index contributed by atoms with van der Waals surface area (Å²) in [6.45, 7) is 1.81. The number of benzene rings is 1. The zero-order valence-corrected chi connectivity index (χ0v) is 14.5. The summed E-state index contributed by atoms with van der Waals surface area (Å²) >= 11 is 0.